The highest BCUT2D eigenvalue weighted by molar-refractivity contribution is 7.89. The van der Waals surface area contributed by atoms with E-state index in [2.05, 4.69) is 10.2 Å². The zero-order chi connectivity index (χ0) is 18.1. The number of nitrogens with zero attached hydrogens (tertiary/aromatic N) is 5. The van der Waals surface area contributed by atoms with E-state index in [-0.39, 0.29) is 5.92 Å². The van der Waals surface area contributed by atoms with Crippen LogP contribution < -0.4 is 0 Å². The maximum atomic E-state index is 13.0. The van der Waals surface area contributed by atoms with E-state index in [9.17, 15) is 8.42 Å². The average molecular weight is 371 g/mol. The van der Waals surface area contributed by atoms with Gasteiger partial charge in [0.05, 0.1) is 16.3 Å². The lowest BCUT2D eigenvalue weighted by molar-refractivity contribution is 0.312. The van der Waals surface area contributed by atoms with Gasteiger partial charge >= 0.3 is 0 Å². The number of sulfonamides is 1. The minimum absolute atomic E-state index is 0.142. The summed E-state index contributed by atoms with van der Waals surface area (Å²) < 4.78 is 31.1. The first kappa shape index (κ1) is 17.0. The van der Waals surface area contributed by atoms with Gasteiger partial charge in [-0.15, -0.1) is 0 Å². The van der Waals surface area contributed by atoms with Crippen LogP contribution in [-0.4, -0.2) is 45.4 Å². The molecule has 4 rings (SSSR count). The monoisotopic (exact) mass is 371 g/mol. The van der Waals surface area contributed by atoms with Crippen LogP contribution in [0, 0.1) is 0 Å². The molecule has 0 spiro atoms. The van der Waals surface area contributed by atoms with Crippen molar-refractivity contribution in [2.45, 2.75) is 23.7 Å². The lowest BCUT2D eigenvalue weighted by atomic mass is 9.96. The molecule has 8 heteroatoms. The second-order valence-corrected chi connectivity index (χ2v) is 8.50. The molecule has 1 fully saturated rings. The molecule has 0 N–H and O–H groups in total. The molecular weight excluding hydrogens is 350 g/mol. The second kappa shape index (κ2) is 6.69. The molecule has 0 saturated carbocycles. The molecule has 3 aromatic rings. The summed E-state index contributed by atoms with van der Waals surface area (Å²) in [7, 11) is -1.64. The van der Waals surface area contributed by atoms with Gasteiger partial charge in [0.1, 0.15) is 0 Å². The lowest BCUT2D eigenvalue weighted by Gasteiger charge is -2.31. The van der Waals surface area contributed by atoms with Gasteiger partial charge in [0.2, 0.25) is 10.0 Å². The number of aromatic nitrogens is 4. The van der Waals surface area contributed by atoms with Gasteiger partial charge in [-0.1, -0.05) is 0 Å². The molecular formula is C18H21N5O2S. The third-order valence-electron chi connectivity index (χ3n) is 4.78. The fourth-order valence-electron chi connectivity index (χ4n) is 3.39. The summed E-state index contributed by atoms with van der Waals surface area (Å²) in [4.78, 5) is 0.315. The van der Waals surface area contributed by atoms with Gasteiger partial charge in [-0.3, -0.25) is 4.68 Å². The van der Waals surface area contributed by atoms with E-state index in [0.717, 1.165) is 24.2 Å². The molecule has 26 heavy (non-hydrogen) atoms. The van der Waals surface area contributed by atoms with E-state index in [1.807, 2.05) is 31.6 Å². The van der Waals surface area contributed by atoms with Crippen molar-refractivity contribution in [1.82, 2.24) is 23.9 Å². The Balaban J connectivity index is 1.55. The van der Waals surface area contributed by atoms with Crippen LogP contribution in [0.25, 0.3) is 5.69 Å². The smallest absolute Gasteiger partial charge is 0.243 e. The van der Waals surface area contributed by atoms with Crippen molar-refractivity contribution in [3.63, 3.8) is 0 Å². The molecule has 7 nitrogen and oxygen atoms in total. The van der Waals surface area contributed by atoms with Gasteiger partial charge in [-0.05, 0) is 49.2 Å². The largest absolute Gasteiger partial charge is 0.276 e. The Hall–Kier alpha value is -2.45. The second-order valence-electron chi connectivity index (χ2n) is 6.56. The van der Waals surface area contributed by atoms with Crippen LogP contribution in [0.5, 0.6) is 0 Å². The Kier molecular flexibility index (Phi) is 4.37. The fraction of sp³-hybridized carbons (Fsp3) is 0.333. The third kappa shape index (κ3) is 3.17. The number of rotatable bonds is 4. The normalized spacial score (nSPS) is 18.9. The molecule has 136 valence electrons. The number of piperidine rings is 1. The van der Waals surface area contributed by atoms with E-state index in [4.69, 9.17) is 0 Å². The van der Waals surface area contributed by atoms with Gasteiger partial charge in [0.25, 0.3) is 0 Å². The predicted octanol–water partition coefficient (Wildman–Crippen LogP) is 2.17. The van der Waals surface area contributed by atoms with Gasteiger partial charge in [-0.2, -0.15) is 14.5 Å². The Morgan fingerprint density at radius 3 is 2.58 bits per heavy atom. The SMILES string of the molecule is Cn1ccc([C@@H]2CCCN(S(=O)(=O)c3ccc(-n4cccn4)cc3)C2)n1. The number of hydrogen-bond acceptors (Lipinski definition) is 4. The summed E-state index contributed by atoms with van der Waals surface area (Å²) in [5.41, 5.74) is 1.79. The van der Waals surface area contributed by atoms with Gasteiger partial charge in [0.15, 0.2) is 0 Å². The summed E-state index contributed by atoms with van der Waals surface area (Å²) in [6, 6.07) is 10.7. The maximum absolute atomic E-state index is 13.0. The van der Waals surface area contributed by atoms with Crippen LogP contribution >= 0.6 is 0 Å². The number of aryl methyl sites for hydroxylation is 1. The minimum atomic E-state index is -3.51. The molecule has 1 aromatic carbocycles. The van der Waals surface area contributed by atoms with Crippen molar-refractivity contribution in [2.24, 2.45) is 7.05 Å². The zero-order valence-corrected chi connectivity index (χ0v) is 15.4. The third-order valence-corrected chi connectivity index (χ3v) is 6.66. The Morgan fingerprint density at radius 2 is 1.92 bits per heavy atom. The van der Waals surface area contributed by atoms with Crippen molar-refractivity contribution in [1.29, 1.82) is 0 Å². The van der Waals surface area contributed by atoms with Crippen LogP contribution in [0.4, 0.5) is 0 Å². The number of hydrogen-bond donors (Lipinski definition) is 0. The van der Waals surface area contributed by atoms with Crippen molar-refractivity contribution in [3.05, 3.63) is 60.7 Å². The Labute approximate surface area is 152 Å². The van der Waals surface area contributed by atoms with Crippen LogP contribution in [-0.2, 0) is 17.1 Å². The Morgan fingerprint density at radius 1 is 1.12 bits per heavy atom. The molecule has 1 aliphatic heterocycles. The topological polar surface area (TPSA) is 73.0 Å². The predicted molar refractivity (Wildman–Crippen MR) is 97.5 cm³/mol. The molecule has 0 bridgehead atoms. The summed E-state index contributed by atoms with van der Waals surface area (Å²) in [5.74, 6) is 0.142. The van der Waals surface area contributed by atoms with E-state index < -0.39 is 10.0 Å². The molecule has 0 radical (unpaired) electrons. The quantitative estimate of drug-likeness (QED) is 0.705. The first-order valence-electron chi connectivity index (χ1n) is 8.64. The number of benzene rings is 1. The first-order chi connectivity index (χ1) is 12.5. The van der Waals surface area contributed by atoms with Crippen LogP contribution in [0.3, 0.4) is 0 Å². The van der Waals surface area contributed by atoms with Crippen molar-refractivity contribution in [3.8, 4) is 5.69 Å². The Bertz CT molecular complexity index is 977. The van der Waals surface area contributed by atoms with E-state index in [1.165, 1.54) is 0 Å². The van der Waals surface area contributed by atoms with E-state index in [0.29, 0.717) is 18.0 Å². The molecule has 1 atom stereocenters. The van der Waals surface area contributed by atoms with Crippen LogP contribution in [0.2, 0.25) is 0 Å². The summed E-state index contributed by atoms with van der Waals surface area (Å²) in [6.07, 6.45) is 7.21. The minimum Gasteiger partial charge on any atom is -0.276 e. The standard InChI is InChI=1S/C18H21N5O2S/c1-21-13-9-18(20-21)15-4-2-11-22(14-15)26(24,25)17-7-5-16(6-8-17)23-12-3-10-19-23/h3,5-10,12-13,15H,2,4,11,14H2,1H3/t15-/m1/s1. The van der Waals surface area contributed by atoms with Gasteiger partial charge in [-0.25, -0.2) is 13.1 Å². The maximum Gasteiger partial charge on any atom is 0.243 e. The average Bonchev–Trinajstić information content (AvgIpc) is 3.34. The van der Waals surface area contributed by atoms with E-state index in [1.54, 1.807) is 44.1 Å². The van der Waals surface area contributed by atoms with Gasteiger partial charge < -0.3 is 0 Å². The highest BCUT2D eigenvalue weighted by Gasteiger charge is 2.31. The van der Waals surface area contributed by atoms with Crippen molar-refractivity contribution < 1.29 is 8.42 Å². The van der Waals surface area contributed by atoms with Crippen LogP contribution in [0.15, 0.2) is 59.9 Å². The molecule has 0 amide bonds. The summed E-state index contributed by atoms with van der Waals surface area (Å²) >= 11 is 0. The molecule has 2 aromatic heterocycles. The first-order valence-corrected chi connectivity index (χ1v) is 10.1. The molecule has 0 unspecified atom stereocenters. The van der Waals surface area contributed by atoms with Crippen LogP contribution in [0.1, 0.15) is 24.5 Å². The zero-order valence-electron chi connectivity index (χ0n) is 14.6. The fourth-order valence-corrected chi connectivity index (χ4v) is 4.92. The van der Waals surface area contributed by atoms with Crippen molar-refractivity contribution >= 4 is 10.0 Å². The lowest BCUT2D eigenvalue weighted by Crippen LogP contribution is -2.39. The van der Waals surface area contributed by atoms with E-state index >= 15 is 0 Å². The van der Waals surface area contributed by atoms with Gasteiger partial charge in [0, 0.05) is 44.6 Å². The highest BCUT2D eigenvalue weighted by atomic mass is 32.2. The summed E-state index contributed by atoms with van der Waals surface area (Å²) in [6.45, 7) is 1.02. The molecule has 0 aliphatic carbocycles. The summed E-state index contributed by atoms with van der Waals surface area (Å²) in [5, 5.41) is 8.61. The molecule has 1 saturated heterocycles. The highest BCUT2D eigenvalue weighted by Crippen LogP contribution is 2.29. The molecule has 3 heterocycles. The van der Waals surface area contributed by atoms with Crippen molar-refractivity contribution in [2.75, 3.05) is 13.1 Å². The molecule has 1 aliphatic rings.